The van der Waals surface area contributed by atoms with Crippen LogP contribution in [0.3, 0.4) is 0 Å². The number of rotatable bonds is 5. The van der Waals surface area contributed by atoms with Crippen LogP contribution in [0.2, 0.25) is 0 Å². The van der Waals surface area contributed by atoms with Gasteiger partial charge in [-0.25, -0.2) is 0 Å². The molecular formula is C15H25N3O3. The predicted molar refractivity (Wildman–Crippen MR) is 80.4 cm³/mol. The minimum atomic E-state index is -0.389. The molecule has 1 heterocycles. The van der Waals surface area contributed by atoms with E-state index in [9.17, 15) is 9.59 Å². The summed E-state index contributed by atoms with van der Waals surface area (Å²) >= 11 is 0. The van der Waals surface area contributed by atoms with Gasteiger partial charge in [-0.05, 0) is 45.6 Å². The summed E-state index contributed by atoms with van der Waals surface area (Å²) in [6.45, 7) is 4.83. The Morgan fingerprint density at radius 1 is 1.43 bits per heavy atom. The highest BCUT2D eigenvalue weighted by Crippen LogP contribution is 2.22. The molecule has 0 aliphatic heterocycles. The number of hydrogen-bond acceptors (Lipinski definition) is 5. The first-order valence-corrected chi connectivity index (χ1v) is 7.74. The maximum atomic E-state index is 12.3. The van der Waals surface area contributed by atoms with E-state index in [1.165, 1.54) is 6.07 Å². The molecule has 21 heavy (non-hydrogen) atoms. The van der Waals surface area contributed by atoms with Crippen LogP contribution in [0.4, 0.5) is 0 Å². The topological polar surface area (TPSA) is 81.5 Å². The minimum Gasteiger partial charge on any atom is -0.373 e. The Labute approximate surface area is 124 Å². The van der Waals surface area contributed by atoms with Crippen molar-refractivity contribution >= 4 is 5.91 Å². The number of aromatic nitrogens is 1. The molecule has 0 atom stereocenters. The van der Waals surface area contributed by atoms with Gasteiger partial charge in [-0.1, -0.05) is 6.92 Å². The number of carbonyl (C=O) groups excluding carboxylic acids is 1. The lowest BCUT2D eigenvalue weighted by Crippen LogP contribution is -2.45. The molecule has 2 N–H and O–H groups in total. The van der Waals surface area contributed by atoms with Gasteiger partial charge in [-0.15, -0.1) is 4.74 Å². The van der Waals surface area contributed by atoms with Gasteiger partial charge in [0.05, 0.1) is 6.54 Å². The molecule has 6 heteroatoms. The largest absolute Gasteiger partial charge is 0.373 e. The molecule has 0 radical (unpaired) electrons. The third-order valence-corrected chi connectivity index (χ3v) is 4.10. The predicted octanol–water partition coefficient (Wildman–Crippen LogP) is 1.37. The van der Waals surface area contributed by atoms with Gasteiger partial charge in [0, 0.05) is 18.2 Å². The van der Waals surface area contributed by atoms with E-state index in [0.717, 1.165) is 43.4 Å². The van der Waals surface area contributed by atoms with Crippen LogP contribution in [0.15, 0.2) is 15.4 Å². The Morgan fingerprint density at radius 2 is 2.10 bits per heavy atom. The Kier molecular flexibility index (Phi) is 5.36. The summed E-state index contributed by atoms with van der Waals surface area (Å²) in [5, 5.41) is 0. The molecule has 1 aromatic heterocycles. The van der Waals surface area contributed by atoms with Crippen molar-refractivity contribution < 1.29 is 9.32 Å². The molecule has 0 bridgehead atoms. The SMILES string of the molecule is CCCN(CC(=O)n1oc(C)cc1=O)C1CCC(N)CC1. The molecule has 6 nitrogen and oxygen atoms in total. The van der Waals surface area contributed by atoms with Crippen LogP contribution in [0.1, 0.15) is 49.6 Å². The third-order valence-electron chi connectivity index (χ3n) is 4.10. The summed E-state index contributed by atoms with van der Waals surface area (Å²) < 4.78 is 6.04. The van der Waals surface area contributed by atoms with E-state index in [1.807, 2.05) is 0 Å². The normalized spacial score (nSPS) is 22.7. The Morgan fingerprint density at radius 3 is 2.62 bits per heavy atom. The van der Waals surface area contributed by atoms with E-state index in [0.29, 0.717) is 11.8 Å². The maximum Gasteiger partial charge on any atom is 0.290 e. The Hall–Kier alpha value is -1.40. The first-order valence-electron chi connectivity index (χ1n) is 7.74. The fraction of sp³-hybridized carbons (Fsp3) is 0.733. The van der Waals surface area contributed by atoms with E-state index in [2.05, 4.69) is 11.8 Å². The maximum absolute atomic E-state index is 12.3. The van der Waals surface area contributed by atoms with Gasteiger partial charge in [-0.3, -0.25) is 14.5 Å². The van der Waals surface area contributed by atoms with Crippen molar-refractivity contribution in [3.8, 4) is 0 Å². The molecular weight excluding hydrogens is 270 g/mol. The molecule has 2 rings (SSSR count). The van der Waals surface area contributed by atoms with Crippen molar-refractivity contribution in [3.05, 3.63) is 22.2 Å². The van der Waals surface area contributed by atoms with Crippen molar-refractivity contribution in [3.63, 3.8) is 0 Å². The van der Waals surface area contributed by atoms with Crippen LogP contribution < -0.4 is 11.3 Å². The summed E-state index contributed by atoms with van der Waals surface area (Å²) in [4.78, 5) is 26.1. The second kappa shape index (κ2) is 7.04. The lowest BCUT2D eigenvalue weighted by atomic mass is 9.90. The fourth-order valence-corrected chi connectivity index (χ4v) is 3.00. The smallest absolute Gasteiger partial charge is 0.290 e. The Balaban J connectivity index is 2.03. The number of carbonyl (C=O) groups is 1. The quantitative estimate of drug-likeness (QED) is 0.887. The molecule has 1 fully saturated rings. The van der Waals surface area contributed by atoms with Gasteiger partial charge >= 0.3 is 0 Å². The summed E-state index contributed by atoms with van der Waals surface area (Å²) in [5.41, 5.74) is 5.55. The number of hydrogen-bond donors (Lipinski definition) is 1. The summed E-state index contributed by atoms with van der Waals surface area (Å²) in [5.74, 6) is 0.162. The van der Waals surface area contributed by atoms with Crippen LogP contribution in [0.5, 0.6) is 0 Å². The highest BCUT2D eigenvalue weighted by Gasteiger charge is 2.26. The van der Waals surface area contributed by atoms with Crippen LogP contribution in [-0.4, -0.2) is 40.7 Å². The zero-order chi connectivity index (χ0) is 15.4. The number of aryl methyl sites for hydroxylation is 1. The van der Waals surface area contributed by atoms with E-state index in [1.54, 1.807) is 6.92 Å². The van der Waals surface area contributed by atoms with E-state index in [-0.39, 0.29) is 24.1 Å². The van der Waals surface area contributed by atoms with Crippen molar-refractivity contribution in [1.29, 1.82) is 0 Å². The molecule has 1 aliphatic carbocycles. The summed E-state index contributed by atoms with van der Waals surface area (Å²) in [6, 6.07) is 2.00. The lowest BCUT2D eigenvalue weighted by molar-refractivity contribution is 0.0646. The van der Waals surface area contributed by atoms with Gasteiger partial charge in [0.2, 0.25) is 0 Å². The molecule has 1 aromatic rings. The van der Waals surface area contributed by atoms with Crippen LogP contribution in [-0.2, 0) is 0 Å². The first kappa shape index (κ1) is 16.0. The zero-order valence-corrected chi connectivity index (χ0v) is 12.9. The van der Waals surface area contributed by atoms with E-state index < -0.39 is 0 Å². The van der Waals surface area contributed by atoms with Crippen molar-refractivity contribution in [2.24, 2.45) is 5.73 Å². The highest BCUT2D eigenvalue weighted by molar-refractivity contribution is 5.79. The highest BCUT2D eigenvalue weighted by atomic mass is 16.5. The molecule has 118 valence electrons. The minimum absolute atomic E-state index is 0.223. The number of nitrogens with two attached hydrogens (primary N) is 1. The average molecular weight is 295 g/mol. The molecule has 0 spiro atoms. The van der Waals surface area contributed by atoms with Gasteiger partial charge in [0.25, 0.3) is 11.5 Å². The van der Waals surface area contributed by atoms with Gasteiger partial charge < -0.3 is 10.3 Å². The Bertz CT molecular complexity index is 527. The van der Waals surface area contributed by atoms with E-state index >= 15 is 0 Å². The monoisotopic (exact) mass is 295 g/mol. The molecule has 0 aromatic carbocycles. The second-order valence-corrected chi connectivity index (χ2v) is 5.91. The molecule has 0 unspecified atom stereocenters. The first-order chi connectivity index (χ1) is 10.0. The van der Waals surface area contributed by atoms with E-state index in [4.69, 9.17) is 10.3 Å². The van der Waals surface area contributed by atoms with Crippen molar-refractivity contribution in [2.45, 2.75) is 58.0 Å². The number of nitrogens with zero attached hydrogens (tertiary/aromatic N) is 2. The van der Waals surface area contributed by atoms with Crippen LogP contribution in [0, 0.1) is 6.92 Å². The molecule has 0 saturated heterocycles. The van der Waals surface area contributed by atoms with Gasteiger partial charge in [0.1, 0.15) is 5.76 Å². The van der Waals surface area contributed by atoms with Gasteiger partial charge in [-0.2, -0.15) is 0 Å². The standard InChI is InChI=1S/C15H25N3O3/c1-3-8-17(13-6-4-12(16)5-7-13)10-15(20)18-14(19)9-11(2)21-18/h9,12-13H,3-8,10,16H2,1-2H3. The third kappa shape index (κ3) is 4.04. The summed E-state index contributed by atoms with van der Waals surface area (Å²) in [6.07, 6.45) is 5.00. The zero-order valence-electron chi connectivity index (χ0n) is 12.9. The molecule has 1 aliphatic rings. The molecule has 1 saturated carbocycles. The van der Waals surface area contributed by atoms with Gasteiger partial charge in [0.15, 0.2) is 0 Å². The fourth-order valence-electron chi connectivity index (χ4n) is 3.00. The second-order valence-electron chi connectivity index (χ2n) is 5.91. The summed E-state index contributed by atoms with van der Waals surface area (Å²) in [7, 11) is 0. The average Bonchev–Trinajstić information content (AvgIpc) is 2.78. The van der Waals surface area contributed by atoms with Crippen molar-refractivity contribution in [2.75, 3.05) is 13.1 Å². The lowest BCUT2D eigenvalue weighted by Gasteiger charge is -2.35. The molecule has 0 amide bonds. The van der Waals surface area contributed by atoms with Crippen LogP contribution >= 0.6 is 0 Å². The van der Waals surface area contributed by atoms with Crippen molar-refractivity contribution in [1.82, 2.24) is 9.64 Å². The van der Waals surface area contributed by atoms with Crippen LogP contribution in [0.25, 0.3) is 0 Å².